The number of hydrogen-bond acceptors (Lipinski definition) is 2. The van der Waals surface area contributed by atoms with Crippen molar-refractivity contribution in [3.8, 4) is 0 Å². The minimum absolute atomic E-state index is 0.285. The lowest BCUT2D eigenvalue weighted by atomic mass is 9.96. The Bertz CT molecular complexity index is 584. The Morgan fingerprint density at radius 1 is 1.24 bits per heavy atom. The number of aromatic amines is 1. The van der Waals surface area contributed by atoms with Crippen molar-refractivity contribution in [3.63, 3.8) is 0 Å². The second-order valence-corrected chi connectivity index (χ2v) is 5.51. The molecule has 5 nitrogen and oxygen atoms in total. The van der Waals surface area contributed by atoms with Crippen LogP contribution in [0.25, 0.3) is 0 Å². The van der Waals surface area contributed by atoms with Crippen LogP contribution in [0.1, 0.15) is 24.1 Å². The molecule has 1 heterocycles. The van der Waals surface area contributed by atoms with E-state index >= 15 is 0 Å². The lowest BCUT2D eigenvalue weighted by Gasteiger charge is -2.18. The summed E-state index contributed by atoms with van der Waals surface area (Å²) in [5.41, 5.74) is 2.75. The highest BCUT2D eigenvalue weighted by Gasteiger charge is 2.43. The number of nitrogens with zero attached hydrogens (tertiary/aromatic N) is 2. The monoisotopic (exact) mass is 283 g/mol. The number of aromatic nitrogens is 2. The number of rotatable bonds is 5. The lowest BCUT2D eigenvalue weighted by molar-refractivity contribution is 0.644. The third-order valence-electron chi connectivity index (χ3n) is 4.06. The second kappa shape index (κ2) is 5.99. The average Bonchev–Trinajstić information content (AvgIpc) is 3.15. The maximum atomic E-state index is 4.27. The van der Waals surface area contributed by atoms with E-state index in [4.69, 9.17) is 0 Å². The molecule has 1 aliphatic rings. The van der Waals surface area contributed by atoms with E-state index < -0.39 is 0 Å². The molecular formula is C16H21N5. The Labute approximate surface area is 124 Å². The highest BCUT2D eigenvalue weighted by molar-refractivity contribution is 5.79. The average molecular weight is 283 g/mol. The number of nitrogens with one attached hydrogen (secondary N) is 3. The van der Waals surface area contributed by atoms with Crippen molar-refractivity contribution in [3.05, 3.63) is 53.9 Å². The molecule has 21 heavy (non-hydrogen) atoms. The summed E-state index contributed by atoms with van der Waals surface area (Å²) < 4.78 is 0. The zero-order valence-corrected chi connectivity index (χ0v) is 12.3. The summed E-state index contributed by atoms with van der Waals surface area (Å²) in [6, 6.07) is 12.7. The van der Waals surface area contributed by atoms with Crippen molar-refractivity contribution in [2.75, 3.05) is 13.6 Å². The van der Waals surface area contributed by atoms with Gasteiger partial charge in [0, 0.05) is 25.2 Å². The minimum atomic E-state index is 0.285. The van der Waals surface area contributed by atoms with Crippen molar-refractivity contribution in [1.82, 2.24) is 20.8 Å². The van der Waals surface area contributed by atoms with Crippen LogP contribution in [-0.2, 0) is 12.0 Å². The molecule has 0 bridgehead atoms. The van der Waals surface area contributed by atoms with Gasteiger partial charge in [0.2, 0.25) is 0 Å². The van der Waals surface area contributed by atoms with Crippen LogP contribution in [-0.4, -0.2) is 29.7 Å². The fourth-order valence-electron chi connectivity index (χ4n) is 2.55. The molecule has 110 valence electrons. The van der Waals surface area contributed by atoms with Gasteiger partial charge < -0.3 is 10.6 Å². The first-order valence-electron chi connectivity index (χ1n) is 7.31. The molecule has 1 aliphatic carbocycles. The molecule has 0 aliphatic heterocycles. The predicted molar refractivity (Wildman–Crippen MR) is 84.1 cm³/mol. The van der Waals surface area contributed by atoms with Gasteiger partial charge in [-0.15, -0.1) is 0 Å². The van der Waals surface area contributed by atoms with E-state index in [-0.39, 0.29) is 5.41 Å². The Morgan fingerprint density at radius 2 is 2.05 bits per heavy atom. The van der Waals surface area contributed by atoms with Gasteiger partial charge >= 0.3 is 0 Å². The molecule has 0 atom stereocenters. The van der Waals surface area contributed by atoms with Crippen LogP contribution < -0.4 is 10.6 Å². The second-order valence-electron chi connectivity index (χ2n) is 5.51. The summed E-state index contributed by atoms with van der Waals surface area (Å²) in [6.07, 6.45) is 4.23. The molecule has 3 N–H and O–H groups in total. The molecule has 1 saturated carbocycles. The zero-order valence-electron chi connectivity index (χ0n) is 12.3. The van der Waals surface area contributed by atoms with Gasteiger partial charge in [-0.05, 0) is 24.5 Å². The molecule has 0 unspecified atom stereocenters. The molecule has 0 spiro atoms. The molecular weight excluding hydrogens is 262 g/mol. The standard InChI is InChI=1S/C16H21N5/c1-17-15(18-11-14-7-10-20-21-14)19-12-16(8-9-16)13-5-3-2-4-6-13/h2-7,10H,8-9,11-12H2,1H3,(H,20,21)(H2,17,18,19). The normalized spacial score (nSPS) is 16.5. The summed E-state index contributed by atoms with van der Waals surface area (Å²) in [4.78, 5) is 4.27. The van der Waals surface area contributed by atoms with Crippen molar-refractivity contribution in [2.45, 2.75) is 24.8 Å². The quantitative estimate of drug-likeness (QED) is 0.579. The van der Waals surface area contributed by atoms with E-state index in [1.54, 1.807) is 13.2 Å². The third kappa shape index (κ3) is 3.24. The molecule has 0 radical (unpaired) electrons. The van der Waals surface area contributed by atoms with Crippen LogP contribution in [0.3, 0.4) is 0 Å². The topological polar surface area (TPSA) is 65.1 Å². The van der Waals surface area contributed by atoms with E-state index in [0.717, 1.165) is 18.2 Å². The Hall–Kier alpha value is -2.30. The van der Waals surface area contributed by atoms with E-state index in [1.807, 2.05) is 6.07 Å². The summed E-state index contributed by atoms with van der Waals surface area (Å²) in [5, 5.41) is 13.6. The first-order chi connectivity index (χ1) is 10.3. The van der Waals surface area contributed by atoms with Crippen LogP contribution in [0, 0.1) is 0 Å². The Balaban J connectivity index is 1.54. The molecule has 0 amide bonds. The third-order valence-corrected chi connectivity index (χ3v) is 4.06. The Morgan fingerprint density at radius 3 is 2.67 bits per heavy atom. The van der Waals surface area contributed by atoms with Gasteiger partial charge in [-0.2, -0.15) is 5.10 Å². The van der Waals surface area contributed by atoms with Crippen LogP contribution in [0.5, 0.6) is 0 Å². The molecule has 0 saturated heterocycles. The Kier molecular flexibility index (Phi) is 3.90. The van der Waals surface area contributed by atoms with Crippen molar-refractivity contribution >= 4 is 5.96 Å². The van der Waals surface area contributed by atoms with Crippen LogP contribution in [0.4, 0.5) is 0 Å². The smallest absolute Gasteiger partial charge is 0.191 e. The fourth-order valence-corrected chi connectivity index (χ4v) is 2.55. The number of benzene rings is 1. The molecule has 1 aromatic heterocycles. The van der Waals surface area contributed by atoms with Crippen LogP contribution in [0.15, 0.2) is 47.6 Å². The van der Waals surface area contributed by atoms with Gasteiger partial charge in [0.05, 0.1) is 12.2 Å². The number of H-pyrrole nitrogens is 1. The zero-order chi connectivity index (χ0) is 14.5. The molecule has 3 rings (SSSR count). The van der Waals surface area contributed by atoms with Gasteiger partial charge in [-0.25, -0.2) is 0 Å². The fraction of sp³-hybridized carbons (Fsp3) is 0.375. The van der Waals surface area contributed by atoms with Crippen LogP contribution in [0.2, 0.25) is 0 Å². The van der Waals surface area contributed by atoms with Gasteiger partial charge in [-0.3, -0.25) is 10.1 Å². The van der Waals surface area contributed by atoms with Crippen molar-refractivity contribution < 1.29 is 0 Å². The van der Waals surface area contributed by atoms with Crippen molar-refractivity contribution in [1.29, 1.82) is 0 Å². The first-order valence-corrected chi connectivity index (χ1v) is 7.31. The summed E-state index contributed by atoms with van der Waals surface area (Å²) in [7, 11) is 1.80. The lowest BCUT2D eigenvalue weighted by Crippen LogP contribution is -2.40. The number of hydrogen-bond donors (Lipinski definition) is 3. The summed E-state index contributed by atoms with van der Waals surface area (Å²) in [5.74, 6) is 0.826. The van der Waals surface area contributed by atoms with E-state index in [9.17, 15) is 0 Å². The summed E-state index contributed by atoms with van der Waals surface area (Å²) in [6.45, 7) is 1.61. The van der Waals surface area contributed by atoms with E-state index in [1.165, 1.54) is 18.4 Å². The first kappa shape index (κ1) is 13.7. The maximum absolute atomic E-state index is 4.27. The van der Waals surface area contributed by atoms with Crippen LogP contribution >= 0.6 is 0 Å². The van der Waals surface area contributed by atoms with Gasteiger partial charge in [0.15, 0.2) is 5.96 Å². The highest BCUT2D eigenvalue weighted by Crippen LogP contribution is 2.47. The maximum Gasteiger partial charge on any atom is 0.191 e. The largest absolute Gasteiger partial charge is 0.356 e. The predicted octanol–water partition coefficient (Wildman–Crippen LogP) is 1.81. The molecule has 1 aromatic carbocycles. The van der Waals surface area contributed by atoms with Crippen molar-refractivity contribution in [2.24, 2.45) is 4.99 Å². The SMILES string of the molecule is CN=C(NCc1ccn[nH]1)NCC1(c2ccccc2)CC1. The van der Waals surface area contributed by atoms with Gasteiger partial charge in [0.25, 0.3) is 0 Å². The molecule has 1 fully saturated rings. The molecule has 5 heteroatoms. The van der Waals surface area contributed by atoms with E-state index in [0.29, 0.717) is 6.54 Å². The summed E-state index contributed by atoms with van der Waals surface area (Å²) >= 11 is 0. The van der Waals surface area contributed by atoms with Gasteiger partial charge in [-0.1, -0.05) is 30.3 Å². The minimum Gasteiger partial charge on any atom is -0.356 e. The highest BCUT2D eigenvalue weighted by atomic mass is 15.2. The van der Waals surface area contributed by atoms with E-state index in [2.05, 4.69) is 56.2 Å². The number of aliphatic imine (C=N–C) groups is 1. The molecule has 2 aromatic rings. The van der Waals surface area contributed by atoms with Gasteiger partial charge in [0.1, 0.15) is 0 Å². The number of guanidine groups is 1.